The number of hydrogen-bond donors (Lipinski definition) is 2. The van der Waals surface area contributed by atoms with Crippen molar-refractivity contribution >= 4 is 17.7 Å². The first-order chi connectivity index (χ1) is 16.0. The Morgan fingerprint density at radius 2 is 1.65 bits per heavy atom. The molecule has 1 amide bonds. The number of ether oxygens (including phenoxy) is 1. The van der Waals surface area contributed by atoms with E-state index in [2.05, 4.69) is 19.2 Å². The molecule has 0 aromatic rings. The Balaban J connectivity index is 1.42. The number of carbonyl (C=O) groups is 3. The summed E-state index contributed by atoms with van der Waals surface area (Å²) in [7, 11) is 0. The van der Waals surface area contributed by atoms with Gasteiger partial charge in [-0.05, 0) is 105 Å². The highest BCUT2D eigenvalue weighted by Gasteiger charge is 2.61. The zero-order chi connectivity index (χ0) is 24.8. The zero-order valence-electron chi connectivity index (χ0n) is 21.9. The van der Waals surface area contributed by atoms with E-state index in [4.69, 9.17) is 10.5 Å². The van der Waals surface area contributed by atoms with Gasteiger partial charge in [0.15, 0.2) is 0 Å². The van der Waals surface area contributed by atoms with Gasteiger partial charge in [0.25, 0.3) is 0 Å². The Morgan fingerprint density at radius 1 is 0.971 bits per heavy atom. The first kappa shape index (κ1) is 25.7. The van der Waals surface area contributed by atoms with Crippen LogP contribution in [-0.4, -0.2) is 36.4 Å². The van der Waals surface area contributed by atoms with E-state index < -0.39 is 6.04 Å². The number of ketones is 1. The van der Waals surface area contributed by atoms with E-state index in [1.165, 1.54) is 32.1 Å². The van der Waals surface area contributed by atoms with Gasteiger partial charge in [-0.25, -0.2) is 4.79 Å². The molecule has 3 N–H and O–H groups in total. The van der Waals surface area contributed by atoms with E-state index in [1.54, 1.807) is 6.92 Å². The molecule has 0 aliphatic heterocycles. The van der Waals surface area contributed by atoms with E-state index in [9.17, 15) is 14.4 Å². The Morgan fingerprint density at radius 3 is 2.29 bits per heavy atom. The summed E-state index contributed by atoms with van der Waals surface area (Å²) >= 11 is 0. The molecular weight excluding hydrogens is 428 g/mol. The van der Waals surface area contributed by atoms with Gasteiger partial charge in [-0.3, -0.25) is 9.59 Å². The standard InChI is InChI=1S/C28H46N2O4/c1-16(2)25(30-24(32)15-29)26(33)34-19-10-12-27(4)18(14-19)6-7-20-22-9-8-21(17(3)31)28(22,5)13-11-23(20)27/h16,18-23,25H,6-15,29H2,1-5H3,(H,30,32)/t18-,19+,20-,21+,22-,23-,25-,27-,28+/m0/s1. The number of fused-ring (bicyclic) bond motifs is 5. The van der Waals surface area contributed by atoms with Crippen LogP contribution in [0.25, 0.3) is 0 Å². The van der Waals surface area contributed by atoms with Crippen LogP contribution in [0.15, 0.2) is 0 Å². The van der Waals surface area contributed by atoms with E-state index in [-0.39, 0.29) is 41.8 Å². The maximum atomic E-state index is 12.9. The average molecular weight is 475 g/mol. The molecule has 192 valence electrons. The predicted molar refractivity (Wildman–Crippen MR) is 132 cm³/mol. The highest BCUT2D eigenvalue weighted by Crippen LogP contribution is 2.67. The van der Waals surface area contributed by atoms with Crippen LogP contribution in [0.4, 0.5) is 0 Å². The van der Waals surface area contributed by atoms with Crippen molar-refractivity contribution in [3.8, 4) is 0 Å². The fraction of sp³-hybridized carbons (Fsp3) is 0.893. The first-order valence-corrected chi connectivity index (χ1v) is 13.7. The lowest BCUT2D eigenvalue weighted by atomic mass is 9.44. The maximum Gasteiger partial charge on any atom is 0.329 e. The highest BCUT2D eigenvalue weighted by molar-refractivity contribution is 5.85. The topological polar surface area (TPSA) is 98.5 Å². The fourth-order valence-electron chi connectivity index (χ4n) is 8.96. The van der Waals surface area contributed by atoms with Gasteiger partial charge in [0.1, 0.15) is 17.9 Å². The molecule has 4 fully saturated rings. The second-order valence-corrected chi connectivity index (χ2v) is 12.8. The Hall–Kier alpha value is -1.43. The van der Waals surface area contributed by atoms with Crippen molar-refractivity contribution in [3.63, 3.8) is 0 Å². The molecule has 0 spiro atoms. The molecule has 6 heteroatoms. The van der Waals surface area contributed by atoms with Crippen LogP contribution < -0.4 is 11.1 Å². The lowest BCUT2D eigenvalue weighted by Gasteiger charge is -2.61. The molecule has 0 aromatic heterocycles. The minimum Gasteiger partial charge on any atom is -0.461 e. The number of Topliss-reactive ketones (excluding diaryl/α,β-unsaturated/α-hetero) is 1. The molecule has 0 bridgehead atoms. The Labute approximate surface area is 205 Å². The highest BCUT2D eigenvalue weighted by atomic mass is 16.5. The molecule has 0 heterocycles. The minimum absolute atomic E-state index is 0.0471. The van der Waals surface area contributed by atoms with Crippen molar-refractivity contribution in [3.05, 3.63) is 0 Å². The molecule has 0 saturated heterocycles. The van der Waals surface area contributed by atoms with E-state index >= 15 is 0 Å². The van der Waals surface area contributed by atoms with Crippen molar-refractivity contribution in [2.24, 2.45) is 52.1 Å². The van der Waals surface area contributed by atoms with Crippen molar-refractivity contribution in [1.29, 1.82) is 0 Å². The lowest BCUT2D eigenvalue weighted by molar-refractivity contribution is -0.166. The summed E-state index contributed by atoms with van der Waals surface area (Å²) in [6.07, 6.45) is 10.0. The molecule has 0 radical (unpaired) electrons. The monoisotopic (exact) mass is 474 g/mol. The van der Waals surface area contributed by atoms with Crippen LogP contribution in [0.5, 0.6) is 0 Å². The predicted octanol–water partition coefficient (Wildman–Crippen LogP) is 4.25. The van der Waals surface area contributed by atoms with E-state index in [0.717, 1.165) is 37.5 Å². The van der Waals surface area contributed by atoms with Gasteiger partial charge in [0.2, 0.25) is 5.91 Å². The van der Waals surface area contributed by atoms with E-state index in [0.29, 0.717) is 23.0 Å². The number of nitrogens with one attached hydrogen (secondary N) is 1. The molecule has 6 nitrogen and oxygen atoms in total. The largest absolute Gasteiger partial charge is 0.461 e. The van der Waals surface area contributed by atoms with Crippen LogP contribution in [0.2, 0.25) is 0 Å². The normalized spacial score (nSPS) is 42.2. The third-order valence-electron chi connectivity index (χ3n) is 10.8. The molecule has 4 aliphatic rings. The summed E-state index contributed by atoms with van der Waals surface area (Å²) in [6, 6.07) is -0.646. The molecule has 4 rings (SSSR count). The molecular formula is C28H46N2O4. The Kier molecular flexibility index (Phi) is 7.21. The maximum absolute atomic E-state index is 12.9. The molecule has 4 saturated carbocycles. The molecule has 9 atom stereocenters. The van der Waals surface area contributed by atoms with Gasteiger partial charge in [-0.1, -0.05) is 27.7 Å². The second-order valence-electron chi connectivity index (χ2n) is 12.8. The summed E-state index contributed by atoms with van der Waals surface area (Å²) in [5, 5.41) is 2.73. The van der Waals surface area contributed by atoms with Gasteiger partial charge < -0.3 is 15.8 Å². The average Bonchev–Trinajstić information content (AvgIpc) is 3.14. The lowest BCUT2D eigenvalue weighted by Crippen LogP contribution is -2.55. The fourth-order valence-corrected chi connectivity index (χ4v) is 8.96. The molecule has 0 unspecified atom stereocenters. The summed E-state index contributed by atoms with van der Waals surface area (Å²) < 4.78 is 5.98. The van der Waals surface area contributed by atoms with Crippen molar-refractivity contribution in [1.82, 2.24) is 5.32 Å². The molecule has 0 aromatic carbocycles. The zero-order valence-corrected chi connectivity index (χ0v) is 21.9. The number of hydrogen-bond acceptors (Lipinski definition) is 5. The van der Waals surface area contributed by atoms with Gasteiger partial charge in [-0.15, -0.1) is 0 Å². The van der Waals surface area contributed by atoms with Crippen molar-refractivity contribution in [2.45, 2.75) is 105 Å². The second kappa shape index (κ2) is 9.55. The molecule has 34 heavy (non-hydrogen) atoms. The first-order valence-electron chi connectivity index (χ1n) is 13.7. The summed E-state index contributed by atoms with van der Waals surface area (Å²) in [6.45, 7) is 10.4. The summed E-state index contributed by atoms with van der Waals surface area (Å²) in [4.78, 5) is 37.1. The smallest absolute Gasteiger partial charge is 0.329 e. The number of esters is 1. The number of nitrogens with two attached hydrogens (primary N) is 1. The number of rotatable bonds is 6. The SMILES string of the molecule is CC(=O)[C@H]1CC[C@H]2[C@@H]3CC[C@H]4C[C@H](OC(=O)[C@@H](NC(=O)CN)C(C)C)CC[C@]4(C)[C@H]3CC[C@]12C. The van der Waals surface area contributed by atoms with E-state index in [1.807, 2.05) is 13.8 Å². The number of amides is 1. The van der Waals surface area contributed by atoms with Crippen LogP contribution in [0.3, 0.4) is 0 Å². The van der Waals surface area contributed by atoms with Gasteiger partial charge in [-0.2, -0.15) is 0 Å². The quantitative estimate of drug-likeness (QED) is 0.561. The minimum atomic E-state index is -0.646. The summed E-state index contributed by atoms with van der Waals surface area (Å²) in [5.74, 6) is 2.67. The Bertz CT molecular complexity index is 812. The van der Waals surface area contributed by atoms with Crippen LogP contribution in [0, 0.1) is 46.3 Å². The van der Waals surface area contributed by atoms with Gasteiger partial charge >= 0.3 is 5.97 Å². The van der Waals surface area contributed by atoms with Gasteiger partial charge in [0, 0.05) is 5.92 Å². The number of carbonyl (C=O) groups excluding carboxylic acids is 3. The van der Waals surface area contributed by atoms with Gasteiger partial charge in [0.05, 0.1) is 6.54 Å². The molecule has 4 aliphatic carbocycles. The third kappa shape index (κ3) is 4.33. The van der Waals surface area contributed by atoms with Crippen molar-refractivity contribution in [2.75, 3.05) is 6.54 Å². The van der Waals surface area contributed by atoms with Crippen LogP contribution in [-0.2, 0) is 19.1 Å². The van der Waals surface area contributed by atoms with Crippen molar-refractivity contribution < 1.29 is 19.1 Å². The summed E-state index contributed by atoms with van der Waals surface area (Å²) in [5.41, 5.74) is 5.92. The van der Waals surface area contributed by atoms with Crippen LogP contribution >= 0.6 is 0 Å². The van der Waals surface area contributed by atoms with Crippen LogP contribution in [0.1, 0.15) is 92.4 Å². The third-order valence-corrected chi connectivity index (χ3v) is 10.8.